The van der Waals surface area contributed by atoms with E-state index in [9.17, 15) is 4.79 Å². The van der Waals surface area contributed by atoms with Gasteiger partial charge in [0.15, 0.2) is 5.43 Å². The fraction of sp³-hybridized carbons (Fsp3) is 0.400. The molecule has 0 unspecified atom stereocenters. The monoisotopic (exact) mass is 270 g/mol. The number of anilines is 1. The van der Waals surface area contributed by atoms with Crippen LogP contribution in [-0.4, -0.2) is 21.5 Å². The maximum absolute atomic E-state index is 11.7. The van der Waals surface area contributed by atoms with Gasteiger partial charge in [-0.2, -0.15) is 0 Å². The van der Waals surface area contributed by atoms with Crippen LogP contribution in [0.1, 0.15) is 36.0 Å². The van der Waals surface area contributed by atoms with Crippen LogP contribution < -0.4 is 10.3 Å². The van der Waals surface area contributed by atoms with Gasteiger partial charge in [-0.05, 0) is 26.7 Å². The largest absolute Gasteiger partial charge is 0.361 e. The first kappa shape index (κ1) is 12.8. The van der Waals surface area contributed by atoms with E-state index in [0.29, 0.717) is 0 Å². The lowest BCUT2D eigenvalue weighted by Crippen LogP contribution is -2.25. The lowest BCUT2D eigenvalue weighted by Gasteiger charge is -2.26. The molecule has 0 saturated carbocycles. The van der Waals surface area contributed by atoms with Gasteiger partial charge in [0.05, 0.1) is 6.04 Å². The van der Waals surface area contributed by atoms with Gasteiger partial charge in [-0.1, -0.05) is 0 Å². The number of hydrogen-bond acceptors (Lipinski definition) is 4. The van der Waals surface area contributed by atoms with Crippen molar-refractivity contribution in [1.82, 2.24) is 15.0 Å². The predicted octanol–water partition coefficient (Wildman–Crippen LogP) is 2.12. The summed E-state index contributed by atoms with van der Waals surface area (Å²) in [6.45, 7) is 4.83. The summed E-state index contributed by atoms with van der Waals surface area (Å²) >= 11 is 0. The number of rotatable bonds is 2. The van der Waals surface area contributed by atoms with Gasteiger partial charge in [0.25, 0.3) is 0 Å². The average Bonchev–Trinajstić information content (AvgIpc) is 2.86. The molecule has 1 aliphatic heterocycles. The Morgan fingerprint density at radius 1 is 1.25 bits per heavy atom. The summed E-state index contributed by atoms with van der Waals surface area (Å²) in [4.78, 5) is 25.8. The van der Waals surface area contributed by atoms with Crippen LogP contribution in [0.4, 0.5) is 5.82 Å². The fourth-order valence-electron chi connectivity index (χ4n) is 2.85. The fourth-order valence-corrected chi connectivity index (χ4v) is 2.85. The molecule has 1 aliphatic rings. The number of aromatic nitrogens is 3. The first-order chi connectivity index (χ1) is 9.63. The standard InChI is InChI=1S/C15H18N4O/c1-10-7-15(17-9-16-10)19-5-3-4-14(19)13-8-12(20)6-11(2)18-13/h6-9,14H,3-5H2,1-2H3,(H,18,20)/t14-/m0/s1. The SMILES string of the molecule is Cc1cc(N2CCC[C@H]2c2cc(=O)cc(C)[nH]2)ncn1. The molecule has 20 heavy (non-hydrogen) atoms. The van der Waals surface area contributed by atoms with Crippen molar-refractivity contribution < 1.29 is 0 Å². The molecular weight excluding hydrogens is 252 g/mol. The second-order valence-corrected chi connectivity index (χ2v) is 5.32. The van der Waals surface area contributed by atoms with Gasteiger partial charge in [0, 0.05) is 41.8 Å². The van der Waals surface area contributed by atoms with E-state index in [1.54, 1.807) is 18.5 Å². The summed E-state index contributed by atoms with van der Waals surface area (Å²) in [6, 6.07) is 5.50. The van der Waals surface area contributed by atoms with Crippen LogP contribution in [0.2, 0.25) is 0 Å². The second kappa shape index (κ2) is 5.07. The summed E-state index contributed by atoms with van der Waals surface area (Å²) in [7, 11) is 0. The highest BCUT2D eigenvalue weighted by molar-refractivity contribution is 5.43. The zero-order chi connectivity index (χ0) is 14.1. The Hall–Kier alpha value is -2.17. The molecule has 1 fully saturated rings. The molecular formula is C15H18N4O. The Morgan fingerprint density at radius 2 is 2.10 bits per heavy atom. The number of pyridine rings is 1. The Kier molecular flexibility index (Phi) is 3.26. The third-order valence-corrected chi connectivity index (χ3v) is 3.69. The molecule has 1 N–H and O–H groups in total. The van der Waals surface area contributed by atoms with Crippen molar-refractivity contribution in [3.8, 4) is 0 Å². The molecule has 0 bridgehead atoms. The number of nitrogens with zero attached hydrogens (tertiary/aromatic N) is 3. The summed E-state index contributed by atoms with van der Waals surface area (Å²) in [5.74, 6) is 0.933. The molecule has 104 valence electrons. The van der Waals surface area contributed by atoms with Crippen molar-refractivity contribution in [1.29, 1.82) is 0 Å². The van der Waals surface area contributed by atoms with E-state index >= 15 is 0 Å². The number of aromatic amines is 1. The van der Waals surface area contributed by atoms with Crippen LogP contribution in [0.5, 0.6) is 0 Å². The smallest absolute Gasteiger partial charge is 0.182 e. The third kappa shape index (κ3) is 2.43. The zero-order valence-corrected chi connectivity index (χ0v) is 11.8. The molecule has 0 aromatic carbocycles. The molecule has 5 heteroatoms. The number of hydrogen-bond donors (Lipinski definition) is 1. The average molecular weight is 270 g/mol. The molecule has 0 aliphatic carbocycles. The summed E-state index contributed by atoms with van der Waals surface area (Å²) in [5, 5.41) is 0. The number of H-pyrrole nitrogens is 1. The zero-order valence-electron chi connectivity index (χ0n) is 11.8. The van der Waals surface area contributed by atoms with Gasteiger partial charge in [-0.25, -0.2) is 9.97 Å². The van der Waals surface area contributed by atoms with Gasteiger partial charge in [0.1, 0.15) is 12.1 Å². The van der Waals surface area contributed by atoms with E-state index in [-0.39, 0.29) is 11.5 Å². The van der Waals surface area contributed by atoms with E-state index in [4.69, 9.17) is 0 Å². The van der Waals surface area contributed by atoms with Crippen molar-refractivity contribution in [2.75, 3.05) is 11.4 Å². The lowest BCUT2D eigenvalue weighted by atomic mass is 10.1. The van der Waals surface area contributed by atoms with Gasteiger partial charge in [-0.15, -0.1) is 0 Å². The highest BCUT2D eigenvalue weighted by Gasteiger charge is 2.28. The van der Waals surface area contributed by atoms with E-state index in [1.807, 2.05) is 19.9 Å². The van der Waals surface area contributed by atoms with Crippen molar-refractivity contribution in [2.24, 2.45) is 0 Å². The molecule has 0 spiro atoms. The molecule has 1 atom stereocenters. The maximum atomic E-state index is 11.7. The second-order valence-electron chi connectivity index (χ2n) is 5.32. The highest BCUT2D eigenvalue weighted by atomic mass is 16.1. The van der Waals surface area contributed by atoms with Gasteiger partial charge in [0.2, 0.25) is 0 Å². The molecule has 5 nitrogen and oxygen atoms in total. The third-order valence-electron chi connectivity index (χ3n) is 3.69. The summed E-state index contributed by atoms with van der Waals surface area (Å²) < 4.78 is 0. The van der Waals surface area contributed by atoms with Crippen molar-refractivity contribution in [3.05, 3.63) is 51.8 Å². The van der Waals surface area contributed by atoms with Crippen LogP contribution >= 0.6 is 0 Å². The quantitative estimate of drug-likeness (QED) is 0.908. The molecule has 3 heterocycles. The number of nitrogens with one attached hydrogen (secondary N) is 1. The first-order valence-electron chi connectivity index (χ1n) is 6.89. The molecule has 0 amide bonds. The normalized spacial score (nSPS) is 18.5. The maximum Gasteiger partial charge on any atom is 0.182 e. The van der Waals surface area contributed by atoms with Crippen molar-refractivity contribution in [2.45, 2.75) is 32.7 Å². The van der Waals surface area contributed by atoms with E-state index < -0.39 is 0 Å². The minimum atomic E-state index is 0.0574. The van der Waals surface area contributed by atoms with Crippen molar-refractivity contribution in [3.63, 3.8) is 0 Å². The topological polar surface area (TPSA) is 61.9 Å². The van der Waals surface area contributed by atoms with Crippen molar-refractivity contribution >= 4 is 5.82 Å². The van der Waals surface area contributed by atoms with Crippen LogP contribution in [0.15, 0.2) is 29.3 Å². The molecule has 2 aromatic rings. The summed E-state index contributed by atoms with van der Waals surface area (Å²) in [6.07, 6.45) is 3.73. The van der Waals surface area contributed by atoms with Crippen LogP contribution in [-0.2, 0) is 0 Å². The van der Waals surface area contributed by atoms with Gasteiger partial charge < -0.3 is 9.88 Å². The van der Waals surface area contributed by atoms with E-state index in [0.717, 1.165) is 42.3 Å². The van der Waals surface area contributed by atoms with E-state index in [2.05, 4.69) is 19.9 Å². The predicted molar refractivity (Wildman–Crippen MR) is 77.9 cm³/mol. The minimum Gasteiger partial charge on any atom is -0.361 e. The molecule has 3 rings (SSSR count). The molecule has 1 saturated heterocycles. The minimum absolute atomic E-state index is 0.0574. The Balaban J connectivity index is 1.98. The van der Waals surface area contributed by atoms with Gasteiger partial charge in [-0.3, -0.25) is 4.79 Å². The van der Waals surface area contributed by atoms with Crippen LogP contribution in [0, 0.1) is 13.8 Å². The highest BCUT2D eigenvalue weighted by Crippen LogP contribution is 2.33. The van der Waals surface area contributed by atoms with Gasteiger partial charge >= 0.3 is 0 Å². The Bertz CT molecular complexity index is 680. The van der Waals surface area contributed by atoms with E-state index in [1.165, 1.54) is 0 Å². The number of aryl methyl sites for hydroxylation is 2. The van der Waals surface area contributed by atoms with Crippen LogP contribution in [0.25, 0.3) is 0 Å². The van der Waals surface area contributed by atoms with Crippen LogP contribution in [0.3, 0.4) is 0 Å². The summed E-state index contributed by atoms with van der Waals surface area (Å²) in [5.41, 5.74) is 2.89. The molecule has 0 radical (unpaired) electrons. The lowest BCUT2D eigenvalue weighted by molar-refractivity contribution is 0.682. The Labute approximate surface area is 117 Å². The Morgan fingerprint density at radius 3 is 2.85 bits per heavy atom. The first-order valence-corrected chi connectivity index (χ1v) is 6.89. The molecule has 2 aromatic heterocycles.